The van der Waals surface area contributed by atoms with Crippen LogP contribution in [-0.2, 0) is 29.7 Å². The second-order valence-corrected chi connectivity index (χ2v) is 13.4. The first-order valence-electron chi connectivity index (χ1n) is 15.0. The molecule has 0 radical (unpaired) electrons. The summed E-state index contributed by atoms with van der Waals surface area (Å²) in [4.78, 5) is 16.1. The molecule has 0 aliphatic heterocycles. The predicted molar refractivity (Wildman–Crippen MR) is 181 cm³/mol. The van der Waals surface area contributed by atoms with Crippen molar-refractivity contribution < 1.29 is 44.6 Å². The van der Waals surface area contributed by atoms with Gasteiger partial charge in [0.1, 0.15) is 0 Å². The summed E-state index contributed by atoms with van der Waals surface area (Å²) >= 11 is 7.85. The Labute approximate surface area is 297 Å². The predicted octanol–water partition coefficient (Wildman–Crippen LogP) is 5.12. The van der Waals surface area contributed by atoms with Gasteiger partial charge in [-0.2, -0.15) is 11.8 Å². The fourth-order valence-corrected chi connectivity index (χ4v) is 7.12. The van der Waals surface area contributed by atoms with Crippen molar-refractivity contribution in [2.24, 2.45) is 0 Å². The number of fused-ring (bicyclic) bond motifs is 1. The van der Waals surface area contributed by atoms with Gasteiger partial charge in [-0.25, -0.2) is 0 Å². The fraction of sp³-hybridized carbons (Fsp3) is 0.263. The second-order valence-electron chi connectivity index (χ2n) is 11.7. The summed E-state index contributed by atoms with van der Waals surface area (Å²) in [6.07, 6.45) is 3.25. The van der Waals surface area contributed by atoms with Gasteiger partial charge >= 0.3 is 29.6 Å². The van der Waals surface area contributed by atoms with Gasteiger partial charge in [-0.1, -0.05) is 96.5 Å². The number of aromatic nitrogens is 1. The quantitative estimate of drug-likeness (QED) is 0.180. The van der Waals surface area contributed by atoms with Gasteiger partial charge in [0.15, 0.2) is 0 Å². The summed E-state index contributed by atoms with van der Waals surface area (Å²) in [6.45, 7) is 3.62. The van der Waals surface area contributed by atoms with Gasteiger partial charge in [-0.3, -0.25) is 4.98 Å². The van der Waals surface area contributed by atoms with Crippen LogP contribution in [0.2, 0.25) is 5.02 Å². The third-order valence-electron chi connectivity index (χ3n) is 7.90. The van der Waals surface area contributed by atoms with E-state index in [0.717, 1.165) is 64.5 Å². The van der Waals surface area contributed by atoms with E-state index >= 15 is 0 Å². The van der Waals surface area contributed by atoms with Crippen molar-refractivity contribution >= 4 is 40.2 Å². The van der Waals surface area contributed by atoms with Gasteiger partial charge in [0, 0.05) is 27.3 Å². The number of benzene rings is 4. The number of halogens is 1. The molecular formula is C38H37ClNNaO3S. The Kier molecular flexibility index (Phi) is 12.7. The number of aryl methyl sites for hydroxylation is 3. The summed E-state index contributed by atoms with van der Waals surface area (Å²) in [5, 5.41) is 23.8. The molecule has 0 spiro atoms. The number of hydrogen-bond donors (Lipinski definition) is 1. The van der Waals surface area contributed by atoms with E-state index in [4.69, 9.17) is 16.6 Å². The van der Waals surface area contributed by atoms with Crippen LogP contribution in [0.4, 0.5) is 0 Å². The molecule has 0 amide bonds. The second kappa shape index (κ2) is 16.3. The van der Waals surface area contributed by atoms with E-state index in [1.165, 1.54) is 11.1 Å². The molecule has 0 saturated heterocycles. The molecule has 1 heterocycles. The number of carboxylic acids is 1. The Morgan fingerprint density at radius 1 is 0.911 bits per heavy atom. The summed E-state index contributed by atoms with van der Waals surface area (Å²) < 4.78 is 0. The van der Waals surface area contributed by atoms with E-state index in [1.807, 2.05) is 50.2 Å². The standard InChI is InChI=1S/C38H38ClNO3S.Na/c1-38(2,43)34-13-6-3-9-27(34)17-21-36(44-23-22-37(41)42)33-12-5-4-11-32(33)29-10-7-8-26(24-29)14-19-31-20-16-28-15-18-30(39)25-35(28)40-31;/h3-13,15-16,18,20,24-25,36,43H,14,17,19,21-23H2,1-2H3,(H,41,42);/q;+1/p-1. The molecule has 5 aromatic rings. The number of carbonyl (C=O) groups is 1. The van der Waals surface area contributed by atoms with Crippen LogP contribution < -0.4 is 34.7 Å². The maximum absolute atomic E-state index is 11.3. The molecule has 4 aromatic carbocycles. The number of thioether (sulfide) groups is 1. The van der Waals surface area contributed by atoms with Crippen molar-refractivity contribution in [1.29, 1.82) is 0 Å². The SMILES string of the molecule is CC(C)(O)c1ccccc1CCC(SCCC(=O)[O-])c1ccccc1-c1cccc(CCc2ccc3ccc(Cl)cc3n2)c1.[Na+]. The molecule has 0 bridgehead atoms. The van der Waals surface area contributed by atoms with Gasteiger partial charge in [0.2, 0.25) is 0 Å². The number of pyridine rings is 1. The van der Waals surface area contributed by atoms with Crippen LogP contribution in [0.3, 0.4) is 0 Å². The van der Waals surface area contributed by atoms with Gasteiger partial charge in [0.05, 0.1) is 11.1 Å². The van der Waals surface area contributed by atoms with Crippen molar-refractivity contribution in [3.05, 3.63) is 136 Å². The zero-order valence-corrected chi connectivity index (χ0v) is 29.7. The Hall–Kier alpha value is -2.64. The van der Waals surface area contributed by atoms with E-state index in [-0.39, 0.29) is 41.2 Å². The van der Waals surface area contributed by atoms with E-state index in [1.54, 1.807) is 11.8 Å². The molecule has 0 saturated carbocycles. The van der Waals surface area contributed by atoms with Crippen molar-refractivity contribution in [3.63, 3.8) is 0 Å². The van der Waals surface area contributed by atoms with Crippen LogP contribution in [0.1, 0.15) is 59.9 Å². The van der Waals surface area contributed by atoms with Crippen LogP contribution >= 0.6 is 23.4 Å². The van der Waals surface area contributed by atoms with Crippen LogP contribution in [0.15, 0.2) is 103 Å². The fourth-order valence-electron chi connectivity index (χ4n) is 5.71. The minimum Gasteiger partial charge on any atom is -0.550 e. The van der Waals surface area contributed by atoms with Crippen molar-refractivity contribution in [1.82, 2.24) is 4.98 Å². The maximum Gasteiger partial charge on any atom is 1.00 e. The Morgan fingerprint density at radius 2 is 1.67 bits per heavy atom. The zero-order chi connectivity index (χ0) is 31.1. The van der Waals surface area contributed by atoms with E-state index in [9.17, 15) is 15.0 Å². The van der Waals surface area contributed by atoms with Crippen molar-refractivity contribution in [2.75, 3.05) is 5.75 Å². The van der Waals surface area contributed by atoms with Crippen molar-refractivity contribution in [3.8, 4) is 11.1 Å². The van der Waals surface area contributed by atoms with Crippen LogP contribution in [0, 0.1) is 0 Å². The minimum atomic E-state index is -1.03. The van der Waals surface area contributed by atoms with Gasteiger partial charge in [-0.05, 0) is 103 Å². The van der Waals surface area contributed by atoms with Crippen LogP contribution in [0.25, 0.3) is 22.0 Å². The molecule has 1 unspecified atom stereocenters. The molecule has 7 heteroatoms. The van der Waals surface area contributed by atoms with Gasteiger partial charge in [-0.15, -0.1) is 0 Å². The topological polar surface area (TPSA) is 73.2 Å². The van der Waals surface area contributed by atoms with Gasteiger partial charge < -0.3 is 15.0 Å². The molecule has 5 rings (SSSR count). The summed E-state index contributed by atoms with van der Waals surface area (Å²) in [6, 6.07) is 35.1. The van der Waals surface area contributed by atoms with Crippen molar-refractivity contribution in [2.45, 2.75) is 56.8 Å². The molecule has 226 valence electrons. The van der Waals surface area contributed by atoms with Crippen LogP contribution in [0.5, 0.6) is 0 Å². The number of carbonyl (C=O) groups excluding carboxylic acids is 1. The molecule has 45 heavy (non-hydrogen) atoms. The van der Waals surface area contributed by atoms with Crippen LogP contribution in [-0.4, -0.2) is 21.8 Å². The molecule has 1 aromatic heterocycles. The van der Waals surface area contributed by atoms with E-state index in [2.05, 4.69) is 66.7 Å². The first-order chi connectivity index (χ1) is 21.2. The van der Waals surface area contributed by atoms with Gasteiger partial charge in [0.25, 0.3) is 0 Å². The van der Waals surface area contributed by atoms with E-state index < -0.39 is 11.6 Å². The number of nitrogens with zero attached hydrogens (tertiary/aromatic N) is 1. The number of carboxylic acid groups (broad SMARTS) is 1. The Bertz CT molecular complexity index is 1750. The monoisotopic (exact) mass is 645 g/mol. The number of rotatable bonds is 13. The molecule has 4 nitrogen and oxygen atoms in total. The molecule has 1 N–H and O–H groups in total. The molecule has 0 fully saturated rings. The molecule has 0 aliphatic carbocycles. The number of aliphatic hydroxyl groups is 1. The summed E-state index contributed by atoms with van der Waals surface area (Å²) in [5.41, 5.74) is 7.71. The number of aliphatic carboxylic acids is 1. The Balaban J connectivity index is 0.00000461. The number of hydrogen-bond acceptors (Lipinski definition) is 5. The average Bonchev–Trinajstić information content (AvgIpc) is 3.01. The normalized spacial score (nSPS) is 12.1. The smallest absolute Gasteiger partial charge is 0.550 e. The first-order valence-corrected chi connectivity index (χ1v) is 16.5. The maximum atomic E-state index is 11.3. The average molecular weight is 646 g/mol. The Morgan fingerprint density at radius 3 is 2.47 bits per heavy atom. The molecular weight excluding hydrogens is 609 g/mol. The third-order valence-corrected chi connectivity index (χ3v) is 9.47. The minimum absolute atomic E-state index is 0. The summed E-state index contributed by atoms with van der Waals surface area (Å²) in [5.74, 6) is -0.563. The largest absolute Gasteiger partial charge is 1.00 e. The molecule has 1 atom stereocenters. The van der Waals surface area contributed by atoms with E-state index in [0.29, 0.717) is 10.8 Å². The molecule has 0 aliphatic rings. The zero-order valence-electron chi connectivity index (χ0n) is 26.1. The third kappa shape index (κ3) is 9.68. The first kappa shape index (κ1) is 35.2. The summed E-state index contributed by atoms with van der Waals surface area (Å²) in [7, 11) is 0.